The van der Waals surface area contributed by atoms with E-state index in [0.717, 1.165) is 17.3 Å². The molecule has 0 atom stereocenters. The minimum absolute atomic E-state index is 0.0659. The molecule has 5 nitrogen and oxygen atoms in total. The van der Waals surface area contributed by atoms with Crippen molar-refractivity contribution in [1.29, 1.82) is 0 Å². The van der Waals surface area contributed by atoms with Gasteiger partial charge in [0.15, 0.2) is 0 Å². The minimum atomic E-state index is -4.86. The van der Waals surface area contributed by atoms with Gasteiger partial charge in [-0.2, -0.15) is 13.2 Å². The molecule has 0 unspecified atom stereocenters. The number of hydrogen-bond acceptors (Lipinski definition) is 4. The molecule has 0 radical (unpaired) electrons. The summed E-state index contributed by atoms with van der Waals surface area (Å²) in [5, 5.41) is 0.666. The van der Waals surface area contributed by atoms with Crippen LogP contribution < -0.4 is 11.2 Å². The molecular formula is C19H10Cl2F3N3O2S. The van der Waals surface area contributed by atoms with Gasteiger partial charge in [0.05, 0.1) is 25.9 Å². The molecule has 0 aliphatic rings. The molecule has 30 heavy (non-hydrogen) atoms. The van der Waals surface area contributed by atoms with E-state index in [1.165, 1.54) is 23.5 Å². The lowest BCUT2D eigenvalue weighted by atomic mass is 10.2. The van der Waals surface area contributed by atoms with Gasteiger partial charge in [-0.25, -0.2) is 14.3 Å². The quantitative estimate of drug-likeness (QED) is 0.406. The van der Waals surface area contributed by atoms with Crippen LogP contribution in [0.15, 0.2) is 52.1 Å². The Labute approximate surface area is 180 Å². The summed E-state index contributed by atoms with van der Waals surface area (Å²) >= 11 is 13.8. The third-order valence-electron chi connectivity index (χ3n) is 4.41. The van der Waals surface area contributed by atoms with Crippen LogP contribution in [0.5, 0.6) is 0 Å². The van der Waals surface area contributed by atoms with Crippen molar-refractivity contribution < 1.29 is 13.2 Å². The van der Waals surface area contributed by atoms with E-state index in [1.807, 2.05) is 24.3 Å². The molecule has 0 spiro atoms. The lowest BCUT2D eigenvalue weighted by Gasteiger charge is -2.15. The molecule has 4 rings (SSSR count). The SMILES string of the molecule is Cn1c(C(F)(F)F)cc(=O)n(-c2cc(-c3nc4ccccc4s3)c(Cl)cc2Cl)c1=O. The summed E-state index contributed by atoms with van der Waals surface area (Å²) in [7, 11) is 0.930. The first-order valence-electron chi connectivity index (χ1n) is 8.33. The van der Waals surface area contributed by atoms with Crippen LogP contribution in [0.25, 0.3) is 26.5 Å². The molecule has 0 N–H and O–H groups in total. The van der Waals surface area contributed by atoms with Crippen LogP contribution in [-0.2, 0) is 13.2 Å². The topological polar surface area (TPSA) is 56.9 Å². The Morgan fingerprint density at radius 1 is 1.03 bits per heavy atom. The molecule has 0 aliphatic heterocycles. The fourth-order valence-corrected chi connectivity index (χ4v) is 4.59. The van der Waals surface area contributed by atoms with Crippen LogP contribution in [0.2, 0.25) is 10.0 Å². The van der Waals surface area contributed by atoms with Gasteiger partial charge < -0.3 is 0 Å². The molecule has 0 aliphatic carbocycles. The summed E-state index contributed by atoms with van der Waals surface area (Å²) < 4.78 is 41.1. The minimum Gasteiger partial charge on any atom is -0.292 e. The normalized spacial score (nSPS) is 11.9. The molecule has 4 aromatic rings. The predicted octanol–water partition coefficient (Wildman–Crippen LogP) is 5.14. The van der Waals surface area contributed by atoms with Crippen LogP contribution in [0, 0.1) is 0 Å². The van der Waals surface area contributed by atoms with Crippen molar-refractivity contribution in [2.75, 3.05) is 0 Å². The van der Waals surface area contributed by atoms with E-state index >= 15 is 0 Å². The maximum absolute atomic E-state index is 13.1. The van der Waals surface area contributed by atoms with Crippen LogP contribution in [0.1, 0.15) is 5.69 Å². The number of rotatable bonds is 2. The van der Waals surface area contributed by atoms with Crippen LogP contribution in [-0.4, -0.2) is 14.1 Å². The second-order valence-electron chi connectivity index (χ2n) is 6.31. The second kappa shape index (κ2) is 7.26. The van der Waals surface area contributed by atoms with Gasteiger partial charge in [-0.3, -0.25) is 9.36 Å². The standard InChI is InChI=1S/C19H10Cl2F3N3O2S/c1-26-15(19(22,23)24)8-16(28)27(18(26)29)13-6-9(10(20)7-11(13)21)17-25-12-4-2-3-5-14(12)30-17/h2-8H,1H3. The number of hydrogen-bond donors (Lipinski definition) is 0. The number of halogens is 5. The monoisotopic (exact) mass is 471 g/mol. The van der Waals surface area contributed by atoms with Gasteiger partial charge in [0, 0.05) is 18.7 Å². The summed E-state index contributed by atoms with van der Waals surface area (Å²) in [5.74, 6) is 0. The van der Waals surface area contributed by atoms with E-state index in [1.54, 1.807) is 0 Å². The van der Waals surface area contributed by atoms with Crippen LogP contribution >= 0.6 is 34.5 Å². The highest BCUT2D eigenvalue weighted by Gasteiger charge is 2.35. The maximum Gasteiger partial charge on any atom is 0.431 e. The first kappa shape index (κ1) is 20.6. The fourth-order valence-electron chi connectivity index (χ4n) is 2.98. The summed E-state index contributed by atoms with van der Waals surface area (Å²) in [6, 6.07) is 10.4. The zero-order valence-corrected chi connectivity index (χ0v) is 17.3. The summed E-state index contributed by atoms with van der Waals surface area (Å²) in [5.41, 5.74) is -2.67. The van der Waals surface area contributed by atoms with Gasteiger partial charge in [0.1, 0.15) is 10.7 Å². The van der Waals surface area contributed by atoms with Crippen molar-refractivity contribution in [3.8, 4) is 16.3 Å². The Hall–Kier alpha value is -2.62. The van der Waals surface area contributed by atoms with E-state index in [0.29, 0.717) is 25.8 Å². The highest BCUT2D eigenvalue weighted by atomic mass is 35.5. The number of fused-ring (bicyclic) bond motifs is 1. The average Bonchev–Trinajstić information content (AvgIpc) is 3.09. The molecule has 11 heteroatoms. The van der Waals surface area contributed by atoms with Crippen molar-refractivity contribution in [3.63, 3.8) is 0 Å². The third-order valence-corrected chi connectivity index (χ3v) is 6.10. The lowest BCUT2D eigenvalue weighted by molar-refractivity contribution is -0.144. The molecule has 0 saturated carbocycles. The Morgan fingerprint density at radius 3 is 2.40 bits per heavy atom. The maximum atomic E-state index is 13.1. The van der Waals surface area contributed by atoms with Crippen LogP contribution in [0.3, 0.4) is 0 Å². The van der Waals surface area contributed by atoms with Gasteiger partial charge in [0.2, 0.25) is 0 Å². The number of benzene rings is 2. The number of nitrogens with zero attached hydrogens (tertiary/aromatic N) is 3. The number of thiazole rings is 1. The Bertz CT molecular complexity index is 1390. The van der Waals surface area contributed by atoms with Gasteiger partial charge in [-0.1, -0.05) is 35.3 Å². The van der Waals surface area contributed by atoms with E-state index in [2.05, 4.69) is 4.98 Å². The average molecular weight is 472 g/mol. The molecule has 0 amide bonds. The first-order chi connectivity index (χ1) is 14.1. The molecule has 0 bridgehead atoms. The summed E-state index contributed by atoms with van der Waals surface area (Å²) in [6.07, 6.45) is -4.86. The molecule has 0 fully saturated rings. The highest BCUT2D eigenvalue weighted by Crippen LogP contribution is 2.38. The van der Waals surface area contributed by atoms with E-state index in [-0.39, 0.29) is 15.7 Å². The van der Waals surface area contributed by atoms with Gasteiger partial charge >= 0.3 is 11.9 Å². The van der Waals surface area contributed by atoms with Crippen LogP contribution in [0.4, 0.5) is 13.2 Å². The number of aromatic nitrogens is 3. The zero-order chi connectivity index (χ0) is 21.8. The van der Waals surface area contributed by atoms with E-state index < -0.39 is 23.1 Å². The Morgan fingerprint density at radius 2 is 1.73 bits per heavy atom. The second-order valence-corrected chi connectivity index (χ2v) is 8.16. The van der Waals surface area contributed by atoms with Crippen molar-refractivity contribution in [3.05, 3.63) is 79.0 Å². The van der Waals surface area contributed by atoms with Crippen molar-refractivity contribution >= 4 is 44.8 Å². The predicted molar refractivity (Wildman–Crippen MR) is 111 cm³/mol. The van der Waals surface area contributed by atoms with E-state index in [9.17, 15) is 22.8 Å². The molecule has 2 heterocycles. The summed E-state index contributed by atoms with van der Waals surface area (Å²) in [4.78, 5) is 29.5. The Balaban J connectivity index is 1.97. The lowest BCUT2D eigenvalue weighted by Crippen LogP contribution is -2.40. The van der Waals surface area contributed by atoms with E-state index in [4.69, 9.17) is 23.2 Å². The van der Waals surface area contributed by atoms with Crippen molar-refractivity contribution in [1.82, 2.24) is 14.1 Å². The molecular weight excluding hydrogens is 462 g/mol. The largest absolute Gasteiger partial charge is 0.431 e. The number of alkyl halides is 3. The molecule has 154 valence electrons. The molecule has 2 aromatic heterocycles. The van der Waals surface area contributed by atoms with Gasteiger partial charge in [-0.15, -0.1) is 11.3 Å². The first-order valence-corrected chi connectivity index (χ1v) is 9.91. The zero-order valence-electron chi connectivity index (χ0n) is 15.0. The van der Waals surface area contributed by atoms with Crippen molar-refractivity contribution in [2.45, 2.75) is 6.18 Å². The highest BCUT2D eigenvalue weighted by molar-refractivity contribution is 7.21. The fraction of sp³-hybridized carbons (Fsp3) is 0.105. The Kier molecular flexibility index (Phi) is 5.00. The van der Waals surface area contributed by atoms with Gasteiger partial charge in [-0.05, 0) is 24.3 Å². The summed E-state index contributed by atoms with van der Waals surface area (Å²) in [6.45, 7) is 0. The third kappa shape index (κ3) is 3.42. The van der Waals surface area contributed by atoms with Crippen molar-refractivity contribution in [2.24, 2.45) is 7.05 Å². The van der Waals surface area contributed by atoms with Gasteiger partial charge in [0.25, 0.3) is 5.56 Å². The molecule has 0 saturated heterocycles. The number of para-hydroxylation sites is 1. The smallest absolute Gasteiger partial charge is 0.292 e. The molecule has 2 aromatic carbocycles.